The molecule has 0 radical (unpaired) electrons. The molecule has 7 nitrogen and oxygen atoms in total. The predicted octanol–water partition coefficient (Wildman–Crippen LogP) is 2.98. The normalized spacial score (nSPS) is 22.5. The standard InChI is InChI=1S/C26H32N4O3/c1-26(18-23(31)28-22-14-8-9-16-30(22)26)25(33)29(17-15-20-10-4-2-5-11-20)19-24(32)27-21-12-6-3-7-13-21/h2,4-5,8-11,14,16,21H,3,6-7,12-13,15,17-19H2,1H3,(H,27,32)/t26-/m0/s1. The lowest BCUT2D eigenvalue weighted by Gasteiger charge is -2.44. The Hall–Kier alpha value is -3.22. The molecule has 0 bridgehead atoms. The molecule has 3 aliphatic rings. The molecule has 1 aliphatic carbocycles. The lowest BCUT2D eigenvalue weighted by molar-refractivity contribution is -0.146. The van der Waals surface area contributed by atoms with Crippen molar-refractivity contribution in [1.82, 2.24) is 15.1 Å². The topological polar surface area (TPSA) is 82.1 Å². The van der Waals surface area contributed by atoms with E-state index in [0.717, 1.165) is 31.2 Å². The summed E-state index contributed by atoms with van der Waals surface area (Å²) in [6.45, 7) is 2.14. The molecule has 1 saturated carbocycles. The summed E-state index contributed by atoms with van der Waals surface area (Å²) in [7, 11) is 0. The number of carbonyl (C=O) groups excluding carboxylic acids is 3. The average molecular weight is 449 g/mol. The zero-order valence-electron chi connectivity index (χ0n) is 19.2. The largest absolute Gasteiger partial charge is 0.352 e. The van der Waals surface area contributed by atoms with Crippen molar-refractivity contribution in [3.8, 4) is 0 Å². The molecule has 2 heterocycles. The van der Waals surface area contributed by atoms with E-state index in [2.05, 4.69) is 10.3 Å². The third kappa shape index (κ3) is 5.41. The Balaban J connectivity index is 1.53. The van der Waals surface area contributed by atoms with Gasteiger partial charge in [-0.1, -0.05) is 55.7 Å². The van der Waals surface area contributed by atoms with Crippen LogP contribution < -0.4 is 5.32 Å². The number of allylic oxidation sites excluding steroid dienone is 2. The fraction of sp³-hybridized carbons (Fsp3) is 0.462. The van der Waals surface area contributed by atoms with Crippen molar-refractivity contribution in [1.29, 1.82) is 0 Å². The molecule has 174 valence electrons. The van der Waals surface area contributed by atoms with Crippen LogP contribution in [0.5, 0.6) is 0 Å². The van der Waals surface area contributed by atoms with E-state index in [1.54, 1.807) is 35.1 Å². The van der Waals surface area contributed by atoms with E-state index in [1.165, 1.54) is 6.42 Å². The quantitative estimate of drug-likeness (QED) is 0.695. The molecule has 1 N–H and O–H groups in total. The maximum absolute atomic E-state index is 13.9. The summed E-state index contributed by atoms with van der Waals surface area (Å²) >= 11 is 0. The summed E-state index contributed by atoms with van der Waals surface area (Å²) in [5.74, 6) is -0.249. The van der Waals surface area contributed by atoms with Gasteiger partial charge in [0.05, 0.1) is 13.0 Å². The molecule has 3 amide bonds. The molecule has 0 aromatic heterocycles. The molecule has 0 saturated heterocycles. The second kappa shape index (κ2) is 10.1. The lowest BCUT2D eigenvalue weighted by Crippen LogP contribution is -2.62. The van der Waals surface area contributed by atoms with Gasteiger partial charge in [0.2, 0.25) is 11.8 Å². The maximum Gasteiger partial charge on any atom is 0.250 e. The zero-order valence-corrected chi connectivity index (χ0v) is 19.2. The monoisotopic (exact) mass is 448 g/mol. The minimum Gasteiger partial charge on any atom is -0.352 e. The Morgan fingerprint density at radius 3 is 2.67 bits per heavy atom. The minimum atomic E-state index is -1.13. The minimum absolute atomic E-state index is 0.0220. The fourth-order valence-electron chi connectivity index (χ4n) is 4.86. The highest BCUT2D eigenvalue weighted by atomic mass is 16.2. The van der Waals surface area contributed by atoms with Crippen molar-refractivity contribution >= 4 is 23.6 Å². The van der Waals surface area contributed by atoms with E-state index in [1.807, 2.05) is 36.4 Å². The number of aliphatic imine (C=N–C) groups is 1. The van der Waals surface area contributed by atoms with Gasteiger partial charge >= 0.3 is 0 Å². The Labute approximate surface area is 195 Å². The van der Waals surface area contributed by atoms with Crippen LogP contribution in [0.4, 0.5) is 0 Å². The highest BCUT2D eigenvalue weighted by Gasteiger charge is 2.47. The molecule has 1 aromatic carbocycles. The molecule has 0 spiro atoms. The summed E-state index contributed by atoms with van der Waals surface area (Å²) < 4.78 is 0. The SMILES string of the molecule is C[C@@]1(C(=O)N(CCc2ccccc2)CC(=O)NC2CCCCC2)CC(=O)N=C2C=CC=CN21. The number of benzene rings is 1. The van der Waals surface area contributed by atoms with Gasteiger partial charge in [0, 0.05) is 18.8 Å². The van der Waals surface area contributed by atoms with Gasteiger partial charge in [-0.2, -0.15) is 4.99 Å². The van der Waals surface area contributed by atoms with E-state index >= 15 is 0 Å². The number of hydrogen-bond donors (Lipinski definition) is 1. The summed E-state index contributed by atoms with van der Waals surface area (Å²) in [5, 5.41) is 3.12. The summed E-state index contributed by atoms with van der Waals surface area (Å²) in [6.07, 6.45) is 13.2. The Kier molecular flexibility index (Phi) is 7.06. The van der Waals surface area contributed by atoms with Crippen LogP contribution in [0.1, 0.15) is 51.0 Å². The van der Waals surface area contributed by atoms with Crippen LogP contribution in [0, 0.1) is 0 Å². The van der Waals surface area contributed by atoms with E-state index in [0.29, 0.717) is 18.8 Å². The predicted molar refractivity (Wildman–Crippen MR) is 127 cm³/mol. The first-order valence-electron chi connectivity index (χ1n) is 11.8. The van der Waals surface area contributed by atoms with E-state index < -0.39 is 5.54 Å². The average Bonchev–Trinajstić information content (AvgIpc) is 2.82. The van der Waals surface area contributed by atoms with Crippen molar-refractivity contribution in [2.24, 2.45) is 4.99 Å². The van der Waals surface area contributed by atoms with Crippen molar-refractivity contribution < 1.29 is 14.4 Å². The number of hydrogen-bond acceptors (Lipinski definition) is 4. The number of carbonyl (C=O) groups is 3. The van der Waals surface area contributed by atoms with Gasteiger partial charge in [-0.3, -0.25) is 14.4 Å². The Morgan fingerprint density at radius 1 is 1.15 bits per heavy atom. The number of fused-ring (bicyclic) bond motifs is 1. The maximum atomic E-state index is 13.9. The molecule has 7 heteroatoms. The first-order chi connectivity index (χ1) is 16.0. The first kappa shape index (κ1) is 23.0. The van der Waals surface area contributed by atoms with Crippen molar-refractivity contribution in [2.45, 2.75) is 63.5 Å². The number of nitrogens with zero attached hydrogens (tertiary/aromatic N) is 3. The summed E-state index contributed by atoms with van der Waals surface area (Å²) in [6, 6.07) is 10.1. The number of amides is 3. The van der Waals surface area contributed by atoms with Gasteiger partial charge in [-0.25, -0.2) is 0 Å². The smallest absolute Gasteiger partial charge is 0.250 e. The van der Waals surface area contributed by atoms with Crippen LogP contribution in [-0.2, 0) is 20.8 Å². The van der Waals surface area contributed by atoms with E-state index in [4.69, 9.17) is 0 Å². The van der Waals surface area contributed by atoms with Gasteiger partial charge in [0.1, 0.15) is 11.4 Å². The molecule has 2 aliphatic heterocycles. The third-order valence-corrected chi connectivity index (χ3v) is 6.67. The highest BCUT2D eigenvalue weighted by molar-refractivity contribution is 6.09. The van der Waals surface area contributed by atoms with Crippen LogP contribution in [0.25, 0.3) is 0 Å². The molecule has 4 rings (SSSR count). The molecule has 33 heavy (non-hydrogen) atoms. The fourth-order valence-corrected chi connectivity index (χ4v) is 4.86. The molecule has 1 atom stereocenters. The van der Waals surface area contributed by atoms with Gasteiger partial charge in [0.15, 0.2) is 0 Å². The molecule has 1 aromatic rings. The molecular weight excluding hydrogens is 416 g/mol. The Bertz CT molecular complexity index is 979. The van der Waals surface area contributed by atoms with Crippen LogP contribution in [-0.4, -0.2) is 58.0 Å². The summed E-state index contributed by atoms with van der Waals surface area (Å²) in [4.78, 5) is 46.7. The summed E-state index contributed by atoms with van der Waals surface area (Å²) in [5.41, 5.74) is -0.0343. The van der Waals surface area contributed by atoms with Crippen LogP contribution in [0.15, 0.2) is 59.8 Å². The van der Waals surface area contributed by atoms with E-state index in [-0.39, 0.29) is 36.7 Å². The number of amidine groups is 1. The van der Waals surface area contributed by atoms with Gasteiger partial charge < -0.3 is 15.1 Å². The highest BCUT2D eigenvalue weighted by Crippen LogP contribution is 2.30. The third-order valence-electron chi connectivity index (χ3n) is 6.67. The molecular formula is C26H32N4O3. The second-order valence-corrected chi connectivity index (χ2v) is 9.25. The van der Waals surface area contributed by atoms with Crippen LogP contribution in [0.2, 0.25) is 0 Å². The van der Waals surface area contributed by atoms with Crippen LogP contribution >= 0.6 is 0 Å². The number of nitrogens with one attached hydrogen (secondary N) is 1. The first-order valence-corrected chi connectivity index (χ1v) is 11.8. The number of rotatable bonds is 7. The lowest BCUT2D eigenvalue weighted by atomic mass is 9.90. The second-order valence-electron chi connectivity index (χ2n) is 9.25. The van der Waals surface area contributed by atoms with Crippen molar-refractivity contribution in [3.63, 3.8) is 0 Å². The van der Waals surface area contributed by atoms with Gasteiger partial charge in [0.25, 0.3) is 5.91 Å². The van der Waals surface area contributed by atoms with Crippen molar-refractivity contribution in [3.05, 3.63) is 60.3 Å². The van der Waals surface area contributed by atoms with Gasteiger partial charge in [-0.15, -0.1) is 0 Å². The molecule has 0 unspecified atom stereocenters. The van der Waals surface area contributed by atoms with Gasteiger partial charge in [-0.05, 0) is 43.9 Å². The zero-order chi connectivity index (χ0) is 23.3. The Morgan fingerprint density at radius 2 is 1.91 bits per heavy atom. The molecule has 1 fully saturated rings. The van der Waals surface area contributed by atoms with Crippen molar-refractivity contribution in [2.75, 3.05) is 13.1 Å². The van der Waals surface area contributed by atoms with Crippen LogP contribution in [0.3, 0.4) is 0 Å². The van der Waals surface area contributed by atoms with E-state index in [9.17, 15) is 14.4 Å².